The molecule has 0 aliphatic carbocycles. The van der Waals surface area contributed by atoms with Crippen LogP contribution >= 0.6 is 0 Å². The molecule has 49 heavy (non-hydrogen) atoms. The number of carbonyl (C=O) groups is 3. The number of hydrogen-bond donors (Lipinski definition) is 1. The molecule has 280 valence electrons. The molecule has 0 saturated carbocycles. The average molecular weight is 689 g/mol. The SMILES string of the molecule is CC/C=C/C=C/C=C/CCCCCCCC(=O)OCC(COCCC(C(=O)O)[N+](C)(C)C)OC(=O)CCCCCCC/C=C/C/C=C/CC. The van der Waals surface area contributed by atoms with Crippen molar-refractivity contribution in [3.63, 3.8) is 0 Å². The Kier molecular flexibility index (Phi) is 30.3. The van der Waals surface area contributed by atoms with Gasteiger partial charge in [0.15, 0.2) is 12.1 Å². The van der Waals surface area contributed by atoms with Gasteiger partial charge in [-0.3, -0.25) is 9.59 Å². The molecule has 8 nitrogen and oxygen atoms in total. The van der Waals surface area contributed by atoms with Gasteiger partial charge in [0.05, 0.1) is 34.4 Å². The summed E-state index contributed by atoms with van der Waals surface area (Å²) in [7, 11) is 5.49. The quantitative estimate of drug-likeness (QED) is 0.0247. The van der Waals surface area contributed by atoms with Crippen molar-refractivity contribution in [2.75, 3.05) is 41.0 Å². The number of hydrogen-bond acceptors (Lipinski definition) is 6. The van der Waals surface area contributed by atoms with Crippen LogP contribution in [-0.4, -0.2) is 80.6 Å². The number of carboxylic acids is 1. The van der Waals surface area contributed by atoms with E-state index < -0.39 is 18.1 Å². The van der Waals surface area contributed by atoms with Crippen LogP contribution in [0.3, 0.4) is 0 Å². The molecule has 0 aliphatic heterocycles. The van der Waals surface area contributed by atoms with Crippen molar-refractivity contribution in [3.8, 4) is 0 Å². The second-order valence-electron chi connectivity index (χ2n) is 13.5. The van der Waals surface area contributed by atoms with E-state index in [-0.39, 0.29) is 36.2 Å². The van der Waals surface area contributed by atoms with E-state index >= 15 is 0 Å². The highest BCUT2D eigenvalue weighted by Gasteiger charge is 2.31. The maximum Gasteiger partial charge on any atom is 0.362 e. The van der Waals surface area contributed by atoms with Gasteiger partial charge in [0.2, 0.25) is 0 Å². The van der Waals surface area contributed by atoms with Crippen LogP contribution in [0.15, 0.2) is 60.8 Å². The first kappa shape index (κ1) is 46.0. The molecule has 0 spiro atoms. The summed E-state index contributed by atoms with van der Waals surface area (Å²) in [5, 5.41) is 9.58. The van der Waals surface area contributed by atoms with Crippen molar-refractivity contribution in [2.45, 2.75) is 142 Å². The van der Waals surface area contributed by atoms with Crippen LogP contribution in [0.4, 0.5) is 0 Å². The number of aliphatic carboxylic acids is 1. The molecular formula is C41H70NO7+. The number of allylic oxidation sites excluding steroid dienone is 10. The van der Waals surface area contributed by atoms with Crippen LogP contribution in [0.5, 0.6) is 0 Å². The van der Waals surface area contributed by atoms with E-state index in [1.54, 1.807) is 0 Å². The molecule has 0 aliphatic rings. The van der Waals surface area contributed by atoms with Gasteiger partial charge >= 0.3 is 17.9 Å². The predicted molar refractivity (Wildman–Crippen MR) is 201 cm³/mol. The molecule has 0 aromatic rings. The normalized spacial score (nSPS) is 13.7. The topological polar surface area (TPSA) is 99.1 Å². The van der Waals surface area contributed by atoms with Crippen molar-refractivity contribution >= 4 is 17.9 Å². The van der Waals surface area contributed by atoms with Crippen molar-refractivity contribution in [3.05, 3.63) is 60.8 Å². The lowest BCUT2D eigenvalue weighted by molar-refractivity contribution is -0.887. The first-order valence-corrected chi connectivity index (χ1v) is 18.9. The third-order valence-electron chi connectivity index (χ3n) is 7.97. The van der Waals surface area contributed by atoms with E-state index in [2.05, 4.69) is 62.5 Å². The van der Waals surface area contributed by atoms with Gasteiger partial charge in [-0.05, 0) is 57.8 Å². The Hall–Kier alpha value is -2.97. The molecule has 0 heterocycles. The Labute approximate surface area is 298 Å². The molecule has 8 heteroatoms. The zero-order valence-electron chi connectivity index (χ0n) is 31.6. The highest BCUT2D eigenvalue weighted by Crippen LogP contribution is 2.12. The molecule has 0 amide bonds. The van der Waals surface area contributed by atoms with E-state index in [1.807, 2.05) is 33.3 Å². The first-order valence-electron chi connectivity index (χ1n) is 18.9. The van der Waals surface area contributed by atoms with Crippen molar-refractivity contribution in [2.24, 2.45) is 0 Å². The monoisotopic (exact) mass is 689 g/mol. The Morgan fingerprint density at radius 1 is 0.633 bits per heavy atom. The Balaban J connectivity index is 4.49. The van der Waals surface area contributed by atoms with E-state index in [4.69, 9.17) is 14.2 Å². The van der Waals surface area contributed by atoms with Gasteiger partial charge in [0, 0.05) is 19.3 Å². The average Bonchev–Trinajstić information content (AvgIpc) is 3.05. The van der Waals surface area contributed by atoms with Crippen LogP contribution in [0.25, 0.3) is 0 Å². The third-order valence-corrected chi connectivity index (χ3v) is 7.97. The lowest BCUT2D eigenvalue weighted by atomic mass is 10.1. The van der Waals surface area contributed by atoms with Crippen LogP contribution < -0.4 is 0 Å². The largest absolute Gasteiger partial charge is 0.477 e. The maximum atomic E-state index is 12.6. The summed E-state index contributed by atoms with van der Waals surface area (Å²) in [6, 6.07) is -0.621. The second kappa shape index (κ2) is 32.2. The van der Waals surface area contributed by atoms with E-state index in [9.17, 15) is 19.5 Å². The van der Waals surface area contributed by atoms with Gasteiger partial charge in [0.25, 0.3) is 0 Å². The summed E-state index contributed by atoms with van der Waals surface area (Å²) < 4.78 is 17.1. The fourth-order valence-corrected chi connectivity index (χ4v) is 5.07. The molecular weight excluding hydrogens is 618 g/mol. The summed E-state index contributed by atoms with van der Waals surface area (Å²) in [6.07, 6.45) is 36.9. The number of likely N-dealkylation sites (N-methyl/N-ethyl adjacent to an activating group) is 1. The van der Waals surface area contributed by atoms with Crippen LogP contribution in [-0.2, 0) is 28.6 Å². The summed E-state index contributed by atoms with van der Waals surface area (Å²) in [5.74, 6) is -1.53. The van der Waals surface area contributed by atoms with Crippen LogP contribution in [0.1, 0.15) is 129 Å². The highest BCUT2D eigenvalue weighted by atomic mass is 16.6. The molecule has 1 N–H and O–H groups in total. The molecule has 0 saturated heterocycles. The molecule has 0 rings (SSSR count). The summed E-state index contributed by atoms with van der Waals surface area (Å²) in [4.78, 5) is 36.7. The minimum Gasteiger partial charge on any atom is -0.477 e. The number of nitrogens with zero attached hydrogens (tertiary/aromatic N) is 1. The number of unbranched alkanes of at least 4 members (excludes halogenated alkanes) is 10. The van der Waals surface area contributed by atoms with Crippen LogP contribution in [0, 0.1) is 0 Å². The summed E-state index contributed by atoms with van der Waals surface area (Å²) in [6.45, 7) is 4.42. The third kappa shape index (κ3) is 30.8. The predicted octanol–water partition coefficient (Wildman–Crippen LogP) is 9.46. The standard InChI is InChI=1S/C41H69NO7/c1-6-8-10-12-14-16-18-20-22-23-25-27-29-31-39(43)48-36-37(35-47-34-33-38(41(45)46)42(3,4)5)49-40(44)32-30-28-26-24-21-19-17-15-13-11-9-7-2/h8-12,14-18,37-38H,6-7,13,19-36H2,1-5H3/p+1/b10-8+,11-9+,14-12+,17-15+,18-16+. The lowest BCUT2D eigenvalue weighted by Gasteiger charge is -2.31. The zero-order chi connectivity index (χ0) is 36.4. The van der Waals surface area contributed by atoms with Gasteiger partial charge in [-0.2, -0.15) is 0 Å². The summed E-state index contributed by atoms with van der Waals surface area (Å²) in [5.41, 5.74) is 0. The Morgan fingerprint density at radius 3 is 1.80 bits per heavy atom. The molecule has 0 radical (unpaired) electrons. The number of carbonyl (C=O) groups excluding carboxylic acids is 2. The first-order chi connectivity index (χ1) is 23.6. The second-order valence-corrected chi connectivity index (χ2v) is 13.5. The number of carboxylic acid groups (broad SMARTS) is 1. The minimum atomic E-state index is -0.885. The molecule has 2 atom stereocenters. The van der Waals surface area contributed by atoms with Gasteiger partial charge in [0.1, 0.15) is 6.61 Å². The molecule has 0 aromatic carbocycles. The smallest absolute Gasteiger partial charge is 0.362 e. The van der Waals surface area contributed by atoms with Crippen LogP contribution in [0.2, 0.25) is 0 Å². The molecule has 2 unspecified atom stereocenters. The lowest BCUT2D eigenvalue weighted by Crippen LogP contribution is -2.50. The van der Waals surface area contributed by atoms with Gasteiger partial charge in [-0.25, -0.2) is 4.79 Å². The van der Waals surface area contributed by atoms with Gasteiger partial charge in [-0.15, -0.1) is 0 Å². The van der Waals surface area contributed by atoms with E-state index in [0.717, 1.165) is 96.3 Å². The fraction of sp³-hybridized carbons (Fsp3) is 0.683. The Bertz CT molecular complexity index is 990. The van der Waals surface area contributed by atoms with E-state index in [0.29, 0.717) is 19.3 Å². The maximum absolute atomic E-state index is 12.6. The number of rotatable bonds is 32. The number of ether oxygens (including phenoxy) is 3. The minimum absolute atomic E-state index is 0.0456. The van der Waals surface area contributed by atoms with E-state index in [1.165, 1.54) is 0 Å². The van der Waals surface area contributed by atoms with Gasteiger partial charge in [-0.1, -0.05) is 113 Å². The molecule has 0 aromatic heterocycles. The summed E-state index contributed by atoms with van der Waals surface area (Å²) >= 11 is 0. The van der Waals surface area contributed by atoms with Crippen molar-refractivity contribution in [1.29, 1.82) is 0 Å². The number of quaternary nitrogens is 1. The van der Waals surface area contributed by atoms with Crippen molar-refractivity contribution < 1.29 is 38.2 Å². The van der Waals surface area contributed by atoms with Crippen molar-refractivity contribution in [1.82, 2.24) is 0 Å². The fourth-order valence-electron chi connectivity index (χ4n) is 5.07. The van der Waals surface area contributed by atoms with Gasteiger partial charge < -0.3 is 23.8 Å². The molecule has 0 fully saturated rings. The Morgan fingerprint density at radius 2 is 1.18 bits per heavy atom. The molecule has 0 bridgehead atoms. The highest BCUT2D eigenvalue weighted by molar-refractivity contribution is 5.72. The number of esters is 2. The zero-order valence-corrected chi connectivity index (χ0v) is 31.6.